The molecule has 4 bridgehead atoms. The standard InChI is InChI=1S/C28H35N3O9/c1-15(2)24-25(32)31-14-17(11-21(31)26(33)34)40-23-13-20(27(35)38-4)29-19-12-22(37-3)16(10-18(19)23)8-6-5-7-9-39-28(36)30-24/h10,12-13,15,17,21,24H,5-9,11,14H2,1-4H3,(H,30,36)(H,33,34)/t17-,21+,24+/m1/s1. The van der Waals surface area contributed by atoms with Crippen LogP contribution in [0.15, 0.2) is 18.2 Å². The predicted octanol–water partition coefficient (Wildman–Crippen LogP) is 2.94. The number of aliphatic carboxylic acids is 1. The molecule has 12 nitrogen and oxygen atoms in total. The maximum Gasteiger partial charge on any atom is 0.407 e. The van der Waals surface area contributed by atoms with Crippen LogP contribution in [0.25, 0.3) is 10.9 Å². The van der Waals surface area contributed by atoms with Crippen LogP contribution < -0.4 is 14.8 Å². The first-order chi connectivity index (χ1) is 19.1. The number of carboxylic acid groups (broad SMARTS) is 1. The third-order valence-corrected chi connectivity index (χ3v) is 7.22. The highest BCUT2D eigenvalue weighted by molar-refractivity contribution is 5.95. The van der Waals surface area contributed by atoms with Gasteiger partial charge >= 0.3 is 18.0 Å². The molecular weight excluding hydrogens is 522 g/mol. The number of aryl methyl sites for hydroxylation is 1. The van der Waals surface area contributed by atoms with Gasteiger partial charge in [0.25, 0.3) is 0 Å². The Morgan fingerprint density at radius 1 is 1.15 bits per heavy atom. The van der Waals surface area contributed by atoms with Gasteiger partial charge in [-0.3, -0.25) is 4.79 Å². The van der Waals surface area contributed by atoms with E-state index >= 15 is 0 Å². The molecule has 4 rings (SSSR count). The minimum absolute atomic E-state index is 0.0106. The highest BCUT2D eigenvalue weighted by Crippen LogP contribution is 2.35. The van der Waals surface area contributed by atoms with Crippen LogP contribution in [0.5, 0.6) is 11.5 Å². The maximum atomic E-state index is 13.5. The number of ether oxygens (including phenoxy) is 4. The summed E-state index contributed by atoms with van der Waals surface area (Å²) in [5, 5.41) is 13.2. The second-order valence-electron chi connectivity index (χ2n) is 10.3. The van der Waals surface area contributed by atoms with Gasteiger partial charge in [-0.05, 0) is 43.2 Å². The van der Waals surface area contributed by atoms with Crippen molar-refractivity contribution in [1.29, 1.82) is 0 Å². The molecule has 1 aromatic carbocycles. The number of rotatable bonds is 4. The van der Waals surface area contributed by atoms with E-state index in [-0.39, 0.29) is 31.2 Å². The number of amides is 2. The van der Waals surface area contributed by atoms with Crippen molar-refractivity contribution in [2.75, 3.05) is 27.4 Å². The number of carboxylic acids is 1. The van der Waals surface area contributed by atoms with Crippen molar-refractivity contribution < 1.29 is 43.2 Å². The predicted molar refractivity (Wildman–Crippen MR) is 142 cm³/mol. The number of esters is 1. The Hall–Kier alpha value is -4.09. The Morgan fingerprint density at radius 3 is 2.60 bits per heavy atom. The van der Waals surface area contributed by atoms with Crippen molar-refractivity contribution in [3.8, 4) is 11.5 Å². The number of hydrogen-bond acceptors (Lipinski definition) is 9. The van der Waals surface area contributed by atoms with Crippen molar-refractivity contribution >= 4 is 34.8 Å². The summed E-state index contributed by atoms with van der Waals surface area (Å²) < 4.78 is 22.1. The molecule has 0 spiro atoms. The van der Waals surface area contributed by atoms with E-state index in [0.717, 1.165) is 18.4 Å². The third-order valence-electron chi connectivity index (χ3n) is 7.22. The summed E-state index contributed by atoms with van der Waals surface area (Å²) in [5.41, 5.74) is 1.37. The fourth-order valence-corrected chi connectivity index (χ4v) is 5.12. The summed E-state index contributed by atoms with van der Waals surface area (Å²) in [6.45, 7) is 3.67. The molecule has 2 amide bonds. The molecule has 1 aromatic heterocycles. The molecule has 1 saturated heterocycles. The Kier molecular flexibility index (Phi) is 8.96. The van der Waals surface area contributed by atoms with E-state index < -0.39 is 42.1 Å². The number of nitrogens with one attached hydrogen (secondary N) is 1. The highest BCUT2D eigenvalue weighted by Gasteiger charge is 2.44. The lowest BCUT2D eigenvalue weighted by atomic mass is 10.0. The second-order valence-corrected chi connectivity index (χ2v) is 10.3. The summed E-state index contributed by atoms with van der Waals surface area (Å²) in [7, 11) is 2.80. The van der Waals surface area contributed by atoms with E-state index in [1.807, 2.05) is 6.07 Å². The van der Waals surface area contributed by atoms with Gasteiger partial charge in [0.1, 0.15) is 29.7 Å². The van der Waals surface area contributed by atoms with Gasteiger partial charge < -0.3 is 34.3 Å². The van der Waals surface area contributed by atoms with Gasteiger partial charge in [0.15, 0.2) is 5.69 Å². The lowest BCUT2D eigenvalue weighted by Crippen LogP contribution is -2.54. The fourth-order valence-electron chi connectivity index (χ4n) is 5.12. The molecule has 2 aromatic rings. The topological polar surface area (TPSA) is 154 Å². The SMILES string of the molecule is COC(=O)c1cc2c3cc(c(OC)cc3n1)CCCCCOC(=O)N[C@@H](C(C)C)C(=O)N1C[C@@H](C[C@H]1C(=O)O)O2. The van der Waals surface area contributed by atoms with Crippen LogP contribution in [0.2, 0.25) is 0 Å². The number of carbonyl (C=O) groups excluding carboxylic acids is 3. The number of benzene rings is 1. The van der Waals surface area contributed by atoms with Crippen LogP contribution in [0.1, 0.15) is 55.6 Å². The fraction of sp³-hybridized carbons (Fsp3) is 0.536. The average Bonchev–Trinajstić information content (AvgIpc) is 3.35. The third kappa shape index (κ3) is 6.21. The Morgan fingerprint density at radius 2 is 1.93 bits per heavy atom. The van der Waals surface area contributed by atoms with Gasteiger partial charge in [0.05, 0.1) is 32.9 Å². The van der Waals surface area contributed by atoms with E-state index in [1.54, 1.807) is 27.0 Å². The van der Waals surface area contributed by atoms with Gasteiger partial charge in [-0.2, -0.15) is 0 Å². The molecule has 12 heteroatoms. The number of carbonyl (C=O) groups is 4. The molecule has 0 radical (unpaired) electrons. The smallest absolute Gasteiger partial charge is 0.407 e. The number of pyridine rings is 1. The molecule has 2 N–H and O–H groups in total. The van der Waals surface area contributed by atoms with Gasteiger partial charge in [0, 0.05) is 23.9 Å². The second kappa shape index (κ2) is 12.4. The Balaban J connectivity index is 1.79. The number of cyclic esters (lactones) is 1. The zero-order chi connectivity index (χ0) is 29.0. The van der Waals surface area contributed by atoms with E-state index in [9.17, 15) is 24.3 Å². The first kappa shape index (κ1) is 28.9. The molecular formula is C28H35N3O9. The lowest BCUT2D eigenvalue weighted by Gasteiger charge is -2.29. The first-order valence-corrected chi connectivity index (χ1v) is 13.4. The summed E-state index contributed by atoms with van der Waals surface area (Å²) in [4.78, 5) is 56.3. The molecule has 0 saturated carbocycles. The van der Waals surface area contributed by atoms with Gasteiger partial charge in [-0.15, -0.1) is 0 Å². The molecule has 40 heavy (non-hydrogen) atoms. The summed E-state index contributed by atoms with van der Waals surface area (Å²) >= 11 is 0. The molecule has 2 aliphatic rings. The molecule has 3 atom stereocenters. The van der Waals surface area contributed by atoms with Gasteiger partial charge in [-0.25, -0.2) is 19.4 Å². The number of nitrogens with zero attached hydrogens (tertiary/aromatic N) is 2. The van der Waals surface area contributed by atoms with Crippen molar-refractivity contribution in [3.63, 3.8) is 0 Å². The molecule has 0 aliphatic carbocycles. The Labute approximate surface area is 231 Å². The molecule has 0 unspecified atom stereocenters. The molecule has 2 aliphatic heterocycles. The monoisotopic (exact) mass is 557 g/mol. The Bertz CT molecular complexity index is 1300. The quantitative estimate of drug-likeness (QED) is 0.536. The summed E-state index contributed by atoms with van der Waals surface area (Å²) in [6, 6.07) is 2.95. The van der Waals surface area contributed by atoms with Gasteiger partial charge in [0.2, 0.25) is 5.91 Å². The summed E-state index contributed by atoms with van der Waals surface area (Å²) in [5.74, 6) is -1.78. The van der Waals surface area contributed by atoms with Crippen LogP contribution in [0.4, 0.5) is 4.79 Å². The zero-order valence-corrected chi connectivity index (χ0v) is 23.1. The number of alkyl carbamates (subject to hydrolysis) is 1. The van der Waals surface area contributed by atoms with E-state index in [4.69, 9.17) is 18.9 Å². The zero-order valence-electron chi connectivity index (χ0n) is 23.1. The number of fused-ring (bicyclic) bond motifs is 3. The average molecular weight is 558 g/mol. The lowest BCUT2D eigenvalue weighted by molar-refractivity contribution is -0.149. The van der Waals surface area contributed by atoms with Gasteiger partial charge in [-0.1, -0.05) is 13.8 Å². The summed E-state index contributed by atoms with van der Waals surface area (Å²) in [6.07, 6.45) is 1.45. The van der Waals surface area contributed by atoms with E-state index in [2.05, 4.69) is 10.3 Å². The first-order valence-electron chi connectivity index (χ1n) is 13.4. The van der Waals surface area contributed by atoms with Crippen molar-refractivity contribution in [1.82, 2.24) is 15.2 Å². The normalized spacial score (nSPS) is 22.2. The number of aromatic nitrogens is 1. The van der Waals surface area contributed by atoms with Crippen LogP contribution in [-0.4, -0.2) is 84.5 Å². The van der Waals surface area contributed by atoms with Crippen LogP contribution in [0.3, 0.4) is 0 Å². The van der Waals surface area contributed by atoms with Crippen molar-refractivity contribution in [2.45, 2.75) is 64.1 Å². The molecule has 1 fully saturated rings. The highest BCUT2D eigenvalue weighted by atomic mass is 16.5. The minimum Gasteiger partial charge on any atom is -0.496 e. The number of hydrogen-bond donors (Lipinski definition) is 2. The maximum absolute atomic E-state index is 13.5. The van der Waals surface area contributed by atoms with E-state index in [1.165, 1.54) is 18.1 Å². The van der Waals surface area contributed by atoms with Crippen LogP contribution in [0, 0.1) is 5.92 Å². The molecule has 216 valence electrons. The van der Waals surface area contributed by atoms with Crippen molar-refractivity contribution in [3.05, 3.63) is 29.5 Å². The van der Waals surface area contributed by atoms with Crippen LogP contribution >= 0.6 is 0 Å². The van der Waals surface area contributed by atoms with E-state index in [0.29, 0.717) is 35.2 Å². The van der Waals surface area contributed by atoms with Crippen molar-refractivity contribution in [2.24, 2.45) is 5.92 Å². The van der Waals surface area contributed by atoms with Crippen LogP contribution in [-0.2, 0) is 25.5 Å². The minimum atomic E-state index is -1.18. The molecule has 3 heterocycles. The largest absolute Gasteiger partial charge is 0.496 e. The number of methoxy groups -OCH3 is 2.